The average molecular weight is 260 g/mol. The van der Waals surface area contributed by atoms with Crippen molar-refractivity contribution in [2.24, 2.45) is 0 Å². The van der Waals surface area contributed by atoms with Gasteiger partial charge in [0.05, 0.1) is 0 Å². The molecule has 2 amide bonds. The summed E-state index contributed by atoms with van der Waals surface area (Å²) < 4.78 is 5.26. The van der Waals surface area contributed by atoms with Crippen LogP contribution in [0.2, 0.25) is 0 Å². The number of amides is 2. The van der Waals surface area contributed by atoms with Crippen LogP contribution in [0.5, 0.6) is 0 Å². The fraction of sp³-hybridized carbons (Fsp3) is 0.429. The lowest BCUT2D eigenvalue weighted by Crippen LogP contribution is -2.68. The van der Waals surface area contributed by atoms with E-state index in [9.17, 15) is 9.59 Å². The van der Waals surface area contributed by atoms with Gasteiger partial charge in [-0.3, -0.25) is 9.59 Å². The van der Waals surface area contributed by atoms with Gasteiger partial charge >= 0.3 is 0 Å². The molecule has 2 aliphatic rings. The van der Waals surface area contributed by atoms with Crippen molar-refractivity contribution < 1.29 is 14.3 Å². The molecule has 2 aliphatic heterocycles. The van der Waals surface area contributed by atoms with Gasteiger partial charge in [0, 0.05) is 26.1 Å². The summed E-state index contributed by atoms with van der Waals surface area (Å²) in [5.41, 5.74) is 0.0240. The highest BCUT2D eigenvalue weighted by Gasteiger charge is 2.47. The largest absolute Gasteiger partial charge is 0.381 e. The van der Waals surface area contributed by atoms with Crippen LogP contribution in [-0.2, 0) is 14.3 Å². The van der Waals surface area contributed by atoms with Gasteiger partial charge in [-0.05, 0) is 5.56 Å². The van der Waals surface area contributed by atoms with Crippen molar-refractivity contribution in [3.63, 3.8) is 0 Å². The highest BCUT2D eigenvalue weighted by molar-refractivity contribution is 6.00. The first-order chi connectivity index (χ1) is 9.21. The number of carbonyl (C=O) groups excluding carboxylic acids is 2. The molecule has 0 radical (unpaired) electrons. The summed E-state index contributed by atoms with van der Waals surface area (Å²) in [4.78, 5) is 24.6. The third-order valence-corrected chi connectivity index (χ3v) is 3.81. The lowest BCUT2D eigenvalue weighted by Gasteiger charge is -2.42. The minimum atomic E-state index is -0.777. The maximum atomic E-state index is 12.3. The molecule has 1 spiro atoms. The van der Waals surface area contributed by atoms with E-state index < -0.39 is 11.6 Å². The van der Waals surface area contributed by atoms with Crippen LogP contribution in [0.1, 0.15) is 24.4 Å². The van der Waals surface area contributed by atoms with E-state index in [1.54, 1.807) is 0 Å². The topological polar surface area (TPSA) is 67.4 Å². The Kier molecular flexibility index (Phi) is 2.98. The lowest BCUT2D eigenvalue weighted by atomic mass is 9.85. The van der Waals surface area contributed by atoms with Crippen molar-refractivity contribution in [1.29, 1.82) is 0 Å². The molecule has 0 aromatic heterocycles. The Balaban J connectivity index is 1.83. The molecular weight excluding hydrogens is 244 g/mol. The maximum absolute atomic E-state index is 12.3. The Labute approximate surface area is 111 Å². The van der Waals surface area contributed by atoms with Crippen LogP contribution in [0.25, 0.3) is 0 Å². The smallest absolute Gasteiger partial charge is 0.248 e. The molecule has 1 atom stereocenters. The van der Waals surface area contributed by atoms with E-state index in [0.717, 1.165) is 5.56 Å². The predicted octanol–water partition coefficient (Wildman–Crippen LogP) is 0.523. The van der Waals surface area contributed by atoms with E-state index in [1.807, 2.05) is 30.3 Å². The zero-order chi connectivity index (χ0) is 13.3. The molecule has 19 heavy (non-hydrogen) atoms. The second-order valence-corrected chi connectivity index (χ2v) is 5.00. The molecule has 1 aromatic rings. The van der Waals surface area contributed by atoms with Crippen LogP contribution >= 0.6 is 0 Å². The summed E-state index contributed by atoms with van der Waals surface area (Å²) in [7, 11) is 0. The Morgan fingerprint density at radius 1 is 1.11 bits per heavy atom. The van der Waals surface area contributed by atoms with Gasteiger partial charge in [0.1, 0.15) is 11.6 Å². The van der Waals surface area contributed by atoms with Gasteiger partial charge in [0.25, 0.3) is 0 Å². The van der Waals surface area contributed by atoms with Crippen LogP contribution < -0.4 is 10.6 Å². The summed E-state index contributed by atoms with van der Waals surface area (Å²) in [6.45, 7) is 1.01. The Bertz CT molecular complexity index is 495. The molecule has 0 unspecified atom stereocenters. The molecule has 1 aromatic carbocycles. The van der Waals surface area contributed by atoms with Crippen molar-refractivity contribution in [2.75, 3.05) is 13.2 Å². The zero-order valence-corrected chi connectivity index (χ0v) is 10.5. The predicted molar refractivity (Wildman–Crippen MR) is 68.3 cm³/mol. The van der Waals surface area contributed by atoms with Gasteiger partial charge in [0.15, 0.2) is 0 Å². The van der Waals surface area contributed by atoms with Crippen molar-refractivity contribution >= 4 is 11.8 Å². The Morgan fingerprint density at radius 3 is 2.47 bits per heavy atom. The summed E-state index contributed by atoms with van der Waals surface area (Å²) in [5.74, 6) is -0.253. The second kappa shape index (κ2) is 4.66. The van der Waals surface area contributed by atoms with Crippen LogP contribution in [0.15, 0.2) is 30.3 Å². The fourth-order valence-electron chi connectivity index (χ4n) is 2.65. The number of benzene rings is 1. The molecule has 2 fully saturated rings. The Hall–Kier alpha value is -1.88. The highest BCUT2D eigenvalue weighted by Crippen LogP contribution is 2.27. The monoisotopic (exact) mass is 260 g/mol. The van der Waals surface area contributed by atoms with Crippen molar-refractivity contribution in [1.82, 2.24) is 10.6 Å². The molecule has 5 heteroatoms. The molecule has 2 N–H and O–H groups in total. The van der Waals surface area contributed by atoms with Gasteiger partial charge in [-0.2, -0.15) is 0 Å². The van der Waals surface area contributed by atoms with Crippen LogP contribution in [0.4, 0.5) is 0 Å². The van der Waals surface area contributed by atoms with E-state index in [0.29, 0.717) is 26.1 Å². The Morgan fingerprint density at radius 2 is 1.79 bits per heavy atom. The molecule has 100 valence electrons. The molecule has 2 heterocycles. The molecule has 0 aliphatic carbocycles. The summed E-state index contributed by atoms with van der Waals surface area (Å²) in [5, 5.41) is 5.74. The van der Waals surface area contributed by atoms with E-state index in [-0.39, 0.29) is 11.8 Å². The third-order valence-electron chi connectivity index (χ3n) is 3.81. The molecular formula is C14H16N2O3. The van der Waals surface area contributed by atoms with Gasteiger partial charge in [-0.25, -0.2) is 0 Å². The number of hydrogen-bond acceptors (Lipinski definition) is 3. The first-order valence-electron chi connectivity index (χ1n) is 6.47. The number of hydrogen-bond donors (Lipinski definition) is 2. The maximum Gasteiger partial charge on any atom is 0.248 e. The average Bonchev–Trinajstić information content (AvgIpc) is 2.45. The number of ether oxygens (including phenoxy) is 1. The van der Waals surface area contributed by atoms with Crippen LogP contribution in [-0.4, -0.2) is 30.6 Å². The van der Waals surface area contributed by atoms with E-state index >= 15 is 0 Å². The highest BCUT2D eigenvalue weighted by atomic mass is 16.5. The van der Waals surface area contributed by atoms with Crippen molar-refractivity contribution in [3.05, 3.63) is 35.9 Å². The van der Waals surface area contributed by atoms with Crippen molar-refractivity contribution in [2.45, 2.75) is 24.4 Å². The van der Waals surface area contributed by atoms with Gasteiger partial charge in [-0.1, -0.05) is 30.3 Å². The van der Waals surface area contributed by atoms with Gasteiger partial charge in [-0.15, -0.1) is 0 Å². The van der Waals surface area contributed by atoms with Gasteiger partial charge in [0.2, 0.25) is 11.8 Å². The molecule has 0 saturated carbocycles. The SMILES string of the molecule is O=C1NC2(CCOCC2)C(=O)N[C@@H]1c1ccccc1. The third kappa shape index (κ3) is 2.10. The standard InChI is InChI=1S/C14H16N2O3/c17-12-11(10-4-2-1-3-5-10)15-13(18)14(16-12)6-8-19-9-7-14/h1-5,11H,6-9H2,(H,15,18)(H,16,17)/t11-/m1/s1. The molecule has 5 nitrogen and oxygen atoms in total. The summed E-state index contributed by atoms with van der Waals surface area (Å²) >= 11 is 0. The molecule has 2 saturated heterocycles. The number of nitrogens with one attached hydrogen (secondary N) is 2. The molecule has 0 bridgehead atoms. The zero-order valence-electron chi connectivity index (χ0n) is 10.5. The number of carbonyl (C=O) groups is 2. The second-order valence-electron chi connectivity index (χ2n) is 5.00. The minimum absolute atomic E-state index is 0.107. The lowest BCUT2D eigenvalue weighted by molar-refractivity contribution is -0.145. The summed E-state index contributed by atoms with van der Waals surface area (Å²) in [6.07, 6.45) is 1.07. The van der Waals surface area contributed by atoms with Crippen LogP contribution in [0.3, 0.4) is 0 Å². The van der Waals surface area contributed by atoms with E-state index in [1.165, 1.54) is 0 Å². The number of piperazine rings is 1. The number of rotatable bonds is 1. The summed E-state index contributed by atoms with van der Waals surface area (Å²) in [6, 6.07) is 8.67. The molecule has 3 rings (SSSR count). The first-order valence-corrected chi connectivity index (χ1v) is 6.47. The normalized spacial score (nSPS) is 25.8. The van der Waals surface area contributed by atoms with E-state index in [4.69, 9.17) is 4.74 Å². The minimum Gasteiger partial charge on any atom is -0.381 e. The van der Waals surface area contributed by atoms with Crippen molar-refractivity contribution in [3.8, 4) is 0 Å². The quantitative estimate of drug-likeness (QED) is 0.773. The van der Waals surface area contributed by atoms with Gasteiger partial charge < -0.3 is 15.4 Å². The van der Waals surface area contributed by atoms with Crippen LogP contribution in [0, 0.1) is 0 Å². The van der Waals surface area contributed by atoms with E-state index in [2.05, 4.69) is 10.6 Å². The fourth-order valence-corrected chi connectivity index (χ4v) is 2.65. The first kappa shape index (κ1) is 12.2.